The molecule has 0 saturated heterocycles. The number of benzene rings is 1. The van der Waals surface area contributed by atoms with E-state index < -0.39 is 0 Å². The molecule has 2 aliphatic carbocycles. The molecule has 0 atom stereocenters. The van der Waals surface area contributed by atoms with E-state index in [1.54, 1.807) is 0 Å². The normalized spacial score (nSPS) is 20.8. The molecule has 1 saturated carbocycles. The summed E-state index contributed by atoms with van der Waals surface area (Å²) in [5.74, 6) is 1.21. The minimum atomic E-state index is 0.391. The largest absolute Gasteiger partial charge is 0.294 e. The molecule has 18 heavy (non-hydrogen) atoms. The van der Waals surface area contributed by atoms with Crippen LogP contribution in [0.2, 0.25) is 0 Å². The fourth-order valence-electron chi connectivity index (χ4n) is 3.66. The topological polar surface area (TPSA) is 17.1 Å². The summed E-state index contributed by atoms with van der Waals surface area (Å²) in [6.45, 7) is 0. The van der Waals surface area contributed by atoms with Crippen molar-refractivity contribution < 1.29 is 4.79 Å². The molecule has 0 spiro atoms. The highest BCUT2D eigenvalue weighted by Crippen LogP contribution is 2.31. The lowest BCUT2D eigenvalue weighted by atomic mass is 9.80. The molecule has 0 unspecified atom stereocenters. The number of carbonyl (C=O) groups is 1. The Balaban J connectivity index is 1.85. The van der Waals surface area contributed by atoms with Crippen LogP contribution in [0.15, 0.2) is 18.2 Å². The van der Waals surface area contributed by atoms with Gasteiger partial charge in [-0.05, 0) is 36.3 Å². The van der Waals surface area contributed by atoms with Gasteiger partial charge in [0.1, 0.15) is 0 Å². The summed E-state index contributed by atoms with van der Waals surface area (Å²) in [5.41, 5.74) is 3.73. The molecule has 1 nitrogen and oxygen atoms in total. The predicted octanol–water partition coefficient (Wildman–Crippen LogP) is 4.33. The van der Waals surface area contributed by atoms with Gasteiger partial charge in [0.25, 0.3) is 0 Å². The first kappa shape index (κ1) is 12.0. The van der Waals surface area contributed by atoms with Crippen molar-refractivity contribution in [2.75, 3.05) is 0 Å². The molecular weight excluding hydrogens is 220 g/mol. The Kier molecular flexibility index (Phi) is 3.49. The smallest absolute Gasteiger partial charge is 0.163 e. The third-order valence-electron chi connectivity index (χ3n) is 4.60. The van der Waals surface area contributed by atoms with E-state index in [0.717, 1.165) is 37.2 Å². The average Bonchev–Trinajstić information content (AvgIpc) is 2.40. The second-order valence-corrected chi connectivity index (χ2v) is 5.94. The van der Waals surface area contributed by atoms with E-state index in [-0.39, 0.29) is 0 Å². The van der Waals surface area contributed by atoms with Gasteiger partial charge in [-0.25, -0.2) is 0 Å². The van der Waals surface area contributed by atoms with E-state index in [9.17, 15) is 4.79 Å². The highest BCUT2D eigenvalue weighted by Gasteiger charge is 2.22. The maximum atomic E-state index is 12.1. The number of Topliss-reactive ketones (excluding diaryl/α,β-unsaturated/α-hetero) is 1. The number of rotatable bonds is 2. The molecule has 0 aliphatic heterocycles. The minimum absolute atomic E-state index is 0.391. The second kappa shape index (κ2) is 5.26. The number of ketones is 1. The Labute approximate surface area is 110 Å². The second-order valence-electron chi connectivity index (χ2n) is 5.94. The van der Waals surface area contributed by atoms with E-state index in [1.165, 1.54) is 43.2 Å². The molecule has 0 bridgehead atoms. The molecule has 0 N–H and O–H groups in total. The number of hydrogen-bond donors (Lipinski definition) is 0. The molecule has 1 heteroatoms. The van der Waals surface area contributed by atoms with Crippen molar-refractivity contribution in [2.24, 2.45) is 5.92 Å². The predicted molar refractivity (Wildman–Crippen MR) is 74.0 cm³/mol. The van der Waals surface area contributed by atoms with Crippen molar-refractivity contribution in [2.45, 2.75) is 57.8 Å². The van der Waals surface area contributed by atoms with Gasteiger partial charge in [0, 0.05) is 12.0 Å². The van der Waals surface area contributed by atoms with Crippen LogP contribution < -0.4 is 0 Å². The van der Waals surface area contributed by atoms with Gasteiger partial charge in [-0.1, -0.05) is 50.3 Å². The van der Waals surface area contributed by atoms with E-state index in [1.807, 2.05) is 0 Å². The first-order valence-corrected chi connectivity index (χ1v) is 7.48. The highest BCUT2D eigenvalue weighted by molar-refractivity contribution is 5.99. The van der Waals surface area contributed by atoms with Crippen LogP contribution in [0.4, 0.5) is 0 Å². The summed E-state index contributed by atoms with van der Waals surface area (Å²) in [6.07, 6.45) is 10.9. The molecule has 2 aliphatic rings. The number of hydrogen-bond acceptors (Lipinski definition) is 1. The number of aryl methyl sites for hydroxylation is 1. The van der Waals surface area contributed by atoms with Crippen LogP contribution in [0.5, 0.6) is 0 Å². The molecule has 1 fully saturated rings. The minimum Gasteiger partial charge on any atom is -0.294 e. The summed E-state index contributed by atoms with van der Waals surface area (Å²) >= 11 is 0. The van der Waals surface area contributed by atoms with Crippen LogP contribution in [-0.2, 0) is 12.8 Å². The quantitative estimate of drug-likeness (QED) is 0.754. The number of fused-ring (bicyclic) bond motifs is 1. The molecule has 96 valence electrons. The third kappa shape index (κ3) is 2.36. The summed E-state index contributed by atoms with van der Waals surface area (Å²) in [7, 11) is 0. The van der Waals surface area contributed by atoms with Gasteiger partial charge >= 0.3 is 0 Å². The summed E-state index contributed by atoms with van der Waals surface area (Å²) < 4.78 is 0. The Bertz CT molecular complexity index is 441. The summed E-state index contributed by atoms with van der Waals surface area (Å²) in [5, 5.41) is 0. The van der Waals surface area contributed by atoms with Gasteiger partial charge in [0.2, 0.25) is 0 Å². The van der Waals surface area contributed by atoms with Crippen LogP contribution in [0.3, 0.4) is 0 Å². The Morgan fingerprint density at radius 1 is 1.00 bits per heavy atom. The van der Waals surface area contributed by atoms with Crippen LogP contribution >= 0.6 is 0 Å². The Morgan fingerprint density at radius 2 is 1.83 bits per heavy atom. The summed E-state index contributed by atoms with van der Waals surface area (Å²) in [4.78, 5) is 12.1. The monoisotopic (exact) mass is 242 g/mol. The van der Waals surface area contributed by atoms with Gasteiger partial charge in [0.15, 0.2) is 5.78 Å². The van der Waals surface area contributed by atoms with Gasteiger partial charge in [-0.15, -0.1) is 0 Å². The van der Waals surface area contributed by atoms with Crippen molar-refractivity contribution in [1.82, 2.24) is 0 Å². The lowest BCUT2D eigenvalue weighted by Gasteiger charge is -2.24. The van der Waals surface area contributed by atoms with Gasteiger partial charge < -0.3 is 0 Å². The fraction of sp³-hybridized carbons (Fsp3) is 0.588. The van der Waals surface area contributed by atoms with Gasteiger partial charge in [0.05, 0.1) is 0 Å². The molecular formula is C17H22O. The maximum absolute atomic E-state index is 12.1. The SMILES string of the molecule is O=C1CCCc2cccc(CC3CCCCC3)c21. The Hall–Kier alpha value is -1.11. The lowest BCUT2D eigenvalue weighted by Crippen LogP contribution is -2.17. The van der Waals surface area contributed by atoms with Crippen LogP contribution in [0.25, 0.3) is 0 Å². The van der Waals surface area contributed by atoms with E-state index in [2.05, 4.69) is 18.2 Å². The lowest BCUT2D eigenvalue weighted by molar-refractivity contribution is 0.0971. The third-order valence-corrected chi connectivity index (χ3v) is 4.60. The molecule has 1 aromatic carbocycles. The van der Waals surface area contributed by atoms with Crippen molar-refractivity contribution in [3.8, 4) is 0 Å². The van der Waals surface area contributed by atoms with Crippen molar-refractivity contribution in [3.63, 3.8) is 0 Å². The first-order valence-electron chi connectivity index (χ1n) is 7.48. The fourth-order valence-corrected chi connectivity index (χ4v) is 3.66. The van der Waals surface area contributed by atoms with Gasteiger partial charge in [-0.3, -0.25) is 4.79 Å². The number of carbonyl (C=O) groups excluding carboxylic acids is 1. The van der Waals surface area contributed by atoms with E-state index in [0.29, 0.717) is 5.78 Å². The van der Waals surface area contributed by atoms with E-state index >= 15 is 0 Å². The van der Waals surface area contributed by atoms with Crippen LogP contribution in [-0.4, -0.2) is 5.78 Å². The molecule has 0 amide bonds. The van der Waals surface area contributed by atoms with Crippen molar-refractivity contribution >= 4 is 5.78 Å². The first-order chi connectivity index (χ1) is 8.84. The average molecular weight is 242 g/mol. The zero-order chi connectivity index (χ0) is 12.4. The van der Waals surface area contributed by atoms with Crippen LogP contribution in [0.1, 0.15) is 66.4 Å². The zero-order valence-corrected chi connectivity index (χ0v) is 11.1. The standard InChI is InChI=1S/C17H22O/c18-16-11-5-9-14-8-4-10-15(17(14)16)12-13-6-2-1-3-7-13/h4,8,10,13H,1-3,5-7,9,11-12H2. The highest BCUT2D eigenvalue weighted by atomic mass is 16.1. The van der Waals surface area contributed by atoms with Crippen LogP contribution in [0, 0.1) is 5.92 Å². The van der Waals surface area contributed by atoms with E-state index in [4.69, 9.17) is 0 Å². The molecule has 1 aromatic rings. The van der Waals surface area contributed by atoms with Crippen molar-refractivity contribution in [3.05, 3.63) is 34.9 Å². The molecule has 0 aromatic heterocycles. The zero-order valence-electron chi connectivity index (χ0n) is 11.1. The summed E-state index contributed by atoms with van der Waals surface area (Å²) in [6, 6.07) is 6.49. The maximum Gasteiger partial charge on any atom is 0.163 e. The molecule has 3 rings (SSSR count). The van der Waals surface area contributed by atoms with Crippen molar-refractivity contribution in [1.29, 1.82) is 0 Å². The Morgan fingerprint density at radius 3 is 2.67 bits per heavy atom. The molecule has 0 radical (unpaired) electrons. The van der Waals surface area contributed by atoms with Gasteiger partial charge in [-0.2, -0.15) is 0 Å². The molecule has 0 heterocycles.